The second-order valence-electron chi connectivity index (χ2n) is 6.65. The van der Waals surface area contributed by atoms with E-state index in [2.05, 4.69) is 21.4 Å². The summed E-state index contributed by atoms with van der Waals surface area (Å²) >= 11 is 1.62. The average molecular weight is 378 g/mol. The number of carbonyl (C=O) groups excluding carboxylic acids is 1. The fourth-order valence-corrected chi connectivity index (χ4v) is 4.47. The normalized spacial score (nSPS) is 18.3. The first-order chi connectivity index (χ1) is 13.2. The lowest BCUT2D eigenvalue weighted by molar-refractivity contribution is -0.116. The molecule has 1 unspecified atom stereocenters. The Morgan fingerprint density at radius 2 is 2.19 bits per heavy atom. The quantitative estimate of drug-likeness (QED) is 0.761. The van der Waals surface area contributed by atoms with Crippen LogP contribution in [-0.2, 0) is 18.3 Å². The summed E-state index contributed by atoms with van der Waals surface area (Å²) < 4.78 is 7.45. The van der Waals surface area contributed by atoms with Gasteiger partial charge >= 0.3 is 0 Å². The first-order valence-corrected chi connectivity index (χ1v) is 9.86. The Bertz CT molecular complexity index is 1090. The maximum absolute atomic E-state index is 12.7. The van der Waals surface area contributed by atoms with Gasteiger partial charge in [0.1, 0.15) is 11.8 Å². The van der Waals surface area contributed by atoms with E-state index in [4.69, 9.17) is 4.74 Å². The van der Waals surface area contributed by atoms with E-state index in [-0.39, 0.29) is 5.91 Å². The number of aliphatic imine (C=N–C) groups is 1. The third-order valence-electron chi connectivity index (χ3n) is 4.91. The van der Waals surface area contributed by atoms with E-state index in [0.29, 0.717) is 11.7 Å². The number of nitrogens with one attached hydrogen (secondary N) is 1. The third-order valence-corrected chi connectivity index (χ3v) is 6.01. The highest BCUT2D eigenvalue weighted by Crippen LogP contribution is 2.30. The van der Waals surface area contributed by atoms with Crippen LogP contribution in [0.1, 0.15) is 11.1 Å². The molecule has 7 heteroatoms. The number of carbonyl (C=O) groups is 1. The minimum absolute atomic E-state index is 0.125. The Labute approximate surface area is 160 Å². The van der Waals surface area contributed by atoms with Gasteiger partial charge in [0.2, 0.25) is 5.95 Å². The van der Waals surface area contributed by atoms with Crippen LogP contribution >= 0.6 is 11.8 Å². The number of aromatic nitrogens is 2. The molecule has 0 fully saturated rings. The molecule has 0 bridgehead atoms. The van der Waals surface area contributed by atoms with Gasteiger partial charge in [0.05, 0.1) is 22.7 Å². The zero-order valence-electron chi connectivity index (χ0n) is 14.8. The van der Waals surface area contributed by atoms with Crippen molar-refractivity contribution in [1.29, 1.82) is 0 Å². The molecule has 0 aliphatic carbocycles. The van der Waals surface area contributed by atoms with Crippen molar-refractivity contribution >= 4 is 39.7 Å². The van der Waals surface area contributed by atoms with Gasteiger partial charge in [0.25, 0.3) is 5.91 Å². The molecule has 6 nitrogen and oxygen atoms in total. The first kappa shape index (κ1) is 16.4. The molecule has 0 saturated carbocycles. The van der Waals surface area contributed by atoms with E-state index in [9.17, 15) is 4.79 Å². The summed E-state index contributed by atoms with van der Waals surface area (Å²) in [5.41, 5.74) is 4.12. The van der Waals surface area contributed by atoms with E-state index in [0.717, 1.165) is 40.4 Å². The summed E-state index contributed by atoms with van der Waals surface area (Å²) in [6.07, 6.45) is 0.928. The zero-order chi connectivity index (χ0) is 18.4. The van der Waals surface area contributed by atoms with E-state index in [1.807, 2.05) is 48.0 Å². The number of anilines is 1. The summed E-state index contributed by atoms with van der Waals surface area (Å²) in [6.45, 7) is 0.738. The largest absolute Gasteiger partial charge is 0.493 e. The van der Waals surface area contributed by atoms with Crippen LogP contribution in [0.4, 0.5) is 5.95 Å². The Balaban J connectivity index is 1.36. The fourth-order valence-electron chi connectivity index (χ4n) is 3.44. The minimum atomic E-state index is -0.408. The number of rotatable bonds is 3. The number of hydrogen-bond donors (Lipinski definition) is 1. The molecule has 1 atom stereocenters. The van der Waals surface area contributed by atoms with Crippen LogP contribution in [-0.4, -0.2) is 38.9 Å². The van der Waals surface area contributed by atoms with Crippen molar-refractivity contribution in [3.8, 4) is 5.75 Å². The average Bonchev–Trinajstić information content (AvgIpc) is 3.41. The standard InChI is InChI=1S/C20H18N4O2S/c1-24-16-5-3-2-4-14(16)22-20(24)23-18(25)15-11-27-19(21-15)13-6-7-17-12(10-13)8-9-26-17/h2-7,10,15H,8-9,11H2,1H3,(H,22,23,25). The van der Waals surface area contributed by atoms with E-state index in [1.54, 1.807) is 11.8 Å². The number of ether oxygens (including phenoxy) is 1. The Morgan fingerprint density at radius 3 is 3.07 bits per heavy atom. The number of benzene rings is 2. The number of aryl methyl sites for hydroxylation is 1. The molecule has 1 amide bonds. The molecule has 0 spiro atoms. The smallest absolute Gasteiger partial charge is 0.252 e. The molecule has 136 valence electrons. The number of fused-ring (bicyclic) bond motifs is 2. The molecule has 2 aliphatic heterocycles. The highest BCUT2D eigenvalue weighted by atomic mass is 32.2. The van der Waals surface area contributed by atoms with Gasteiger partial charge in [-0.05, 0) is 35.9 Å². The molecule has 2 aromatic carbocycles. The molecule has 3 aromatic rings. The lowest BCUT2D eigenvalue weighted by atomic mass is 10.1. The van der Waals surface area contributed by atoms with Crippen molar-refractivity contribution in [3.63, 3.8) is 0 Å². The van der Waals surface area contributed by atoms with E-state index >= 15 is 0 Å². The molecular weight excluding hydrogens is 360 g/mol. The Morgan fingerprint density at radius 1 is 1.30 bits per heavy atom. The molecule has 1 aromatic heterocycles. The van der Waals surface area contributed by atoms with Gasteiger partial charge in [-0.1, -0.05) is 12.1 Å². The molecule has 2 aliphatic rings. The number of thioether (sulfide) groups is 1. The van der Waals surface area contributed by atoms with Crippen molar-refractivity contribution in [2.24, 2.45) is 12.0 Å². The second kappa shape index (κ2) is 6.42. The molecule has 1 N–H and O–H groups in total. The van der Waals surface area contributed by atoms with Gasteiger partial charge in [-0.2, -0.15) is 0 Å². The van der Waals surface area contributed by atoms with Gasteiger partial charge in [-0.25, -0.2) is 4.98 Å². The van der Waals surface area contributed by atoms with Crippen molar-refractivity contribution in [3.05, 3.63) is 53.6 Å². The lowest BCUT2D eigenvalue weighted by Crippen LogP contribution is -2.27. The highest BCUT2D eigenvalue weighted by molar-refractivity contribution is 8.14. The van der Waals surface area contributed by atoms with Gasteiger partial charge in [0, 0.05) is 24.8 Å². The summed E-state index contributed by atoms with van der Waals surface area (Å²) in [6, 6.07) is 13.5. The van der Waals surface area contributed by atoms with Gasteiger partial charge in [-0.15, -0.1) is 11.8 Å². The van der Waals surface area contributed by atoms with E-state index < -0.39 is 6.04 Å². The maximum Gasteiger partial charge on any atom is 0.252 e. The Kier molecular flexibility index (Phi) is 3.89. The lowest BCUT2D eigenvalue weighted by Gasteiger charge is -2.07. The van der Waals surface area contributed by atoms with Crippen LogP contribution in [0.2, 0.25) is 0 Å². The summed E-state index contributed by atoms with van der Waals surface area (Å²) in [4.78, 5) is 21.9. The van der Waals surface area contributed by atoms with Crippen molar-refractivity contribution < 1.29 is 9.53 Å². The Hall–Kier alpha value is -2.80. The van der Waals surface area contributed by atoms with Crippen molar-refractivity contribution in [2.45, 2.75) is 12.5 Å². The zero-order valence-corrected chi connectivity index (χ0v) is 15.6. The van der Waals surface area contributed by atoms with Crippen molar-refractivity contribution in [1.82, 2.24) is 9.55 Å². The maximum atomic E-state index is 12.7. The predicted octanol–water partition coefficient (Wildman–Crippen LogP) is 3.01. The van der Waals surface area contributed by atoms with Crippen LogP contribution in [0.15, 0.2) is 47.5 Å². The van der Waals surface area contributed by atoms with Gasteiger partial charge in [-0.3, -0.25) is 15.1 Å². The molecular formula is C20H18N4O2S. The van der Waals surface area contributed by atoms with Crippen LogP contribution in [0.5, 0.6) is 5.75 Å². The van der Waals surface area contributed by atoms with Crippen LogP contribution in [0.25, 0.3) is 11.0 Å². The van der Waals surface area contributed by atoms with Crippen LogP contribution in [0.3, 0.4) is 0 Å². The summed E-state index contributed by atoms with van der Waals surface area (Å²) in [5.74, 6) is 2.02. The number of para-hydroxylation sites is 2. The fraction of sp³-hybridized carbons (Fsp3) is 0.250. The number of nitrogens with zero attached hydrogens (tertiary/aromatic N) is 3. The monoisotopic (exact) mass is 378 g/mol. The van der Waals surface area contributed by atoms with Gasteiger partial charge < -0.3 is 9.30 Å². The minimum Gasteiger partial charge on any atom is -0.493 e. The SMILES string of the molecule is Cn1c(NC(=O)C2CSC(c3ccc4c(c3)CCO4)=N2)nc2ccccc21. The first-order valence-electron chi connectivity index (χ1n) is 8.88. The molecule has 5 rings (SSSR count). The van der Waals surface area contributed by atoms with Crippen LogP contribution < -0.4 is 10.1 Å². The van der Waals surface area contributed by atoms with Gasteiger partial charge in [0.15, 0.2) is 0 Å². The summed E-state index contributed by atoms with van der Waals surface area (Å²) in [7, 11) is 1.90. The van der Waals surface area contributed by atoms with E-state index in [1.165, 1.54) is 5.56 Å². The number of hydrogen-bond acceptors (Lipinski definition) is 5. The highest BCUT2D eigenvalue weighted by Gasteiger charge is 2.27. The number of amides is 1. The topological polar surface area (TPSA) is 68.5 Å². The molecule has 0 saturated heterocycles. The molecule has 3 heterocycles. The molecule has 0 radical (unpaired) electrons. The summed E-state index contributed by atoms with van der Waals surface area (Å²) in [5, 5.41) is 3.84. The second-order valence-corrected chi connectivity index (χ2v) is 7.66. The number of imidazole rings is 1. The predicted molar refractivity (Wildman–Crippen MR) is 108 cm³/mol. The van der Waals surface area contributed by atoms with Crippen molar-refractivity contribution in [2.75, 3.05) is 17.7 Å². The third kappa shape index (κ3) is 2.88. The van der Waals surface area contributed by atoms with Crippen LogP contribution in [0, 0.1) is 0 Å². The molecule has 27 heavy (non-hydrogen) atoms.